The fraction of sp³-hybridized carbons (Fsp3) is 0.519. The molecule has 3 aliphatic carbocycles. The van der Waals surface area contributed by atoms with E-state index >= 15 is 0 Å². The summed E-state index contributed by atoms with van der Waals surface area (Å²) in [5.41, 5.74) is 4.06. The maximum absolute atomic E-state index is 12.8. The molecule has 3 fully saturated rings. The SMILES string of the molecule is Cc1cc(-c2cnn3c(NCC4CC4)cc(N[C@H]4CCCC[C@H]4O)nc23)ccc1C(=O)N(Cl)C1CC1. The number of aromatic nitrogens is 3. The molecular weight excluding hydrogens is 476 g/mol. The number of nitrogens with one attached hydrogen (secondary N) is 2. The second-order valence-electron chi connectivity index (χ2n) is 10.6. The normalized spacial score (nSPS) is 22.0. The van der Waals surface area contributed by atoms with Gasteiger partial charge in [0.25, 0.3) is 5.91 Å². The third kappa shape index (κ3) is 4.76. The molecule has 2 heterocycles. The van der Waals surface area contributed by atoms with Gasteiger partial charge in [-0.1, -0.05) is 25.0 Å². The summed E-state index contributed by atoms with van der Waals surface area (Å²) in [6, 6.07) is 7.94. The molecule has 190 valence electrons. The van der Waals surface area contributed by atoms with Crippen LogP contribution in [0, 0.1) is 12.8 Å². The molecule has 0 radical (unpaired) electrons. The lowest BCUT2D eigenvalue weighted by molar-refractivity contribution is 0.0856. The lowest BCUT2D eigenvalue weighted by Crippen LogP contribution is -2.36. The summed E-state index contributed by atoms with van der Waals surface area (Å²) in [6.07, 6.45) is 9.82. The van der Waals surface area contributed by atoms with Crippen LogP contribution in [0.1, 0.15) is 67.3 Å². The molecule has 0 aliphatic heterocycles. The van der Waals surface area contributed by atoms with E-state index in [1.807, 2.05) is 41.9 Å². The van der Waals surface area contributed by atoms with Gasteiger partial charge in [0.2, 0.25) is 0 Å². The highest BCUT2D eigenvalue weighted by Gasteiger charge is 2.33. The van der Waals surface area contributed by atoms with Gasteiger partial charge in [-0.25, -0.2) is 9.40 Å². The van der Waals surface area contributed by atoms with Crippen molar-refractivity contribution >= 4 is 35.0 Å². The first-order valence-electron chi connectivity index (χ1n) is 13.2. The summed E-state index contributed by atoms with van der Waals surface area (Å²) < 4.78 is 3.19. The van der Waals surface area contributed by atoms with Gasteiger partial charge in [-0.05, 0) is 68.6 Å². The summed E-state index contributed by atoms with van der Waals surface area (Å²) in [4.78, 5) is 17.8. The topological polar surface area (TPSA) is 94.8 Å². The lowest BCUT2D eigenvalue weighted by Gasteiger charge is -2.29. The number of nitrogens with zero attached hydrogens (tertiary/aromatic N) is 4. The van der Waals surface area contributed by atoms with Crippen molar-refractivity contribution in [2.45, 2.75) is 76.5 Å². The molecular formula is C27H33ClN6O2. The van der Waals surface area contributed by atoms with Crippen molar-refractivity contribution in [3.63, 3.8) is 0 Å². The Kier molecular flexibility index (Phi) is 6.25. The van der Waals surface area contributed by atoms with Crippen molar-refractivity contribution in [2.24, 2.45) is 5.92 Å². The van der Waals surface area contributed by atoms with Crippen LogP contribution < -0.4 is 10.6 Å². The van der Waals surface area contributed by atoms with E-state index in [0.717, 1.165) is 79.0 Å². The lowest BCUT2D eigenvalue weighted by atomic mass is 9.92. The van der Waals surface area contributed by atoms with E-state index in [2.05, 4.69) is 15.7 Å². The zero-order valence-electron chi connectivity index (χ0n) is 20.6. The average molecular weight is 509 g/mol. The van der Waals surface area contributed by atoms with E-state index in [1.165, 1.54) is 17.3 Å². The van der Waals surface area contributed by atoms with Gasteiger partial charge in [0.05, 0.1) is 18.3 Å². The van der Waals surface area contributed by atoms with Crippen molar-refractivity contribution in [1.82, 2.24) is 19.0 Å². The standard InChI is InChI=1S/C27H33ClN6O2/c1-16-12-18(8-11-20(16)27(36)33(28)19-9-10-19)21-15-30-34-25(29-14-17-6-7-17)13-24(32-26(21)34)31-22-4-2-3-5-23(22)35/h8,11-13,15,17,19,22-23,29,35H,2-7,9-10,14H2,1H3,(H,31,32)/t22-,23+/m0/s1. The maximum atomic E-state index is 12.8. The number of fused-ring (bicyclic) bond motifs is 1. The first-order valence-corrected chi connectivity index (χ1v) is 13.5. The molecule has 3 N–H and O–H groups in total. The Balaban J connectivity index is 1.34. The Morgan fingerprint density at radius 1 is 1.17 bits per heavy atom. The fourth-order valence-corrected chi connectivity index (χ4v) is 5.35. The predicted molar refractivity (Wildman–Crippen MR) is 141 cm³/mol. The zero-order valence-corrected chi connectivity index (χ0v) is 21.3. The van der Waals surface area contributed by atoms with Crippen LogP contribution in [0.3, 0.4) is 0 Å². The second kappa shape index (κ2) is 9.56. The van der Waals surface area contributed by atoms with E-state index in [4.69, 9.17) is 16.8 Å². The number of aliphatic hydroxyl groups excluding tert-OH is 1. The van der Waals surface area contributed by atoms with Gasteiger partial charge >= 0.3 is 0 Å². The minimum atomic E-state index is -0.367. The number of hydrogen-bond donors (Lipinski definition) is 3. The molecule has 8 nitrogen and oxygen atoms in total. The molecule has 0 unspecified atom stereocenters. The summed E-state index contributed by atoms with van der Waals surface area (Å²) in [5.74, 6) is 2.19. The van der Waals surface area contributed by atoms with Gasteiger partial charge in [-0.3, -0.25) is 4.79 Å². The highest BCUT2D eigenvalue weighted by molar-refractivity contribution is 6.24. The molecule has 0 spiro atoms. The predicted octanol–water partition coefficient (Wildman–Crippen LogP) is 5.00. The molecule has 3 saturated carbocycles. The first-order chi connectivity index (χ1) is 17.5. The van der Waals surface area contributed by atoms with Crippen molar-refractivity contribution in [2.75, 3.05) is 17.2 Å². The summed E-state index contributed by atoms with van der Waals surface area (Å²) in [6.45, 7) is 2.85. The number of amides is 1. The Hall–Kier alpha value is -2.84. The number of aryl methyl sites for hydroxylation is 1. The van der Waals surface area contributed by atoms with Crippen molar-refractivity contribution in [3.8, 4) is 11.1 Å². The van der Waals surface area contributed by atoms with E-state index in [9.17, 15) is 9.90 Å². The summed E-state index contributed by atoms with van der Waals surface area (Å²) in [5, 5.41) is 22.2. The van der Waals surface area contributed by atoms with E-state index < -0.39 is 0 Å². The first kappa shape index (κ1) is 23.6. The summed E-state index contributed by atoms with van der Waals surface area (Å²) >= 11 is 6.26. The van der Waals surface area contributed by atoms with Crippen LogP contribution in [-0.4, -0.2) is 54.8 Å². The van der Waals surface area contributed by atoms with Crippen molar-refractivity contribution < 1.29 is 9.90 Å². The molecule has 2 aromatic heterocycles. The monoisotopic (exact) mass is 508 g/mol. The zero-order chi connectivity index (χ0) is 24.8. The van der Waals surface area contributed by atoms with E-state index in [0.29, 0.717) is 11.5 Å². The second-order valence-corrected chi connectivity index (χ2v) is 11.0. The van der Waals surface area contributed by atoms with Crippen LogP contribution in [0.4, 0.5) is 11.6 Å². The largest absolute Gasteiger partial charge is 0.391 e. The van der Waals surface area contributed by atoms with E-state index in [1.54, 1.807) is 0 Å². The van der Waals surface area contributed by atoms with Crippen LogP contribution in [0.25, 0.3) is 16.8 Å². The molecule has 0 bridgehead atoms. The average Bonchev–Trinajstić information content (AvgIpc) is 3.81. The van der Waals surface area contributed by atoms with Gasteiger partial charge in [0.15, 0.2) is 5.65 Å². The minimum Gasteiger partial charge on any atom is -0.391 e. The number of carbonyl (C=O) groups is 1. The number of halogens is 1. The van der Waals surface area contributed by atoms with Crippen LogP contribution >= 0.6 is 11.8 Å². The smallest absolute Gasteiger partial charge is 0.268 e. The molecule has 1 amide bonds. The molecule has 6 rings (SSSR count). The van der Waals surface area contributed by atoms with Gasteiger partial charge in [0.1, 0.15) is 11.6 Å². The summed E-state index contributed by atoms with van der Waals surface area (Å²) in [7, 11) is 0. The molecule has 1 aromatic carbocycles. The van der Waals surface area contributed by atoms with Crippen LogP contribution in [0.2, 0.25) is 0 Å². The minimum absolute atomic E-state index is 0.00569. The number of anilines is 2. The molecule has 2 atom stereocenters. The molecule has 3 aromatic rings. The molecule has 9 heteroatoms. The Bertz CT molecular complexity index is 1280. The van der Waals surface area contributed by atoms with Gasteiger partial charge in [0, 0.05) is 41.6 Å². The van der Waals surface area contributed by atoms with E-state index in [-0.39, 0.29) is 24.1 Å². The van der Waals surface area contributed by atoms with Gasteiger partial charge in [-0.15, -0.1) is 0 Å². The van der Waals surface area contributed by atoms with Crippen LogP contribution in [0.15, 0.2) is 30.5 Å². The quantitative estimate of drug-likeness (QED) is 0.371. The van der Waals surface area contributed by atoms with Crippen molar-refractivity contribution in [3.05, 3.63) is 41.6 Å². The molecule has 3 aliphatic rings. The Labute approximate surface area is 216 Å². The third-order valence-corrected chi connectivity index (χ3v) is 8.06. The Morgan fingerprint density at radius 2 is 1.97 bits per heavy atom. The molecule has 0 saturated heterocycles. The number of aliphatic hydroxyl groups is 1. The van der Waals surface area contributed by atoms with Crippen LogP contribution in [0.5, 0.6) is 0 Å². The van der Waals surface area contributed by atoms with Crippen molar-refractivity contribution in [1.29, 1.82) is 0 Å². The maximum Gasteiger partial charge on any atom is 0.268 e. The van der Waals surface area contributed by atoms with Crippen LogP contribution in [-0.2, 0) is 0 Å². The molecule has 36 heavy (non-hydrogen) atoms. The number of carbonyl (C=O) groups excluding carboxylic acids is 1. The fourth-order valence-electron chi connectivity index (χ4n) is 5.06. The highest BCUT2D eigenvalue weighted by atomic mass is 35.5. The number of rotatable bonds is 8. The van der Waals surface area contributed by atoms with Gasteiger partial charge in [-0.2, -0.15) is 9.61 Å². The number of hydrogen-bond acceptors (Lipinski definition) is 6. The highest BCUT2D eigenvalue weighted by Crippen LogP contribution is 2.34. The van der Waals surface area contributed by atoms with Gasteiger partial charge < -0.3 is 15.7 Å². The Morgan fingerprint density at radius 3 is 2.69 bits per heavy atom. The third-order valence-electron chi connectivity index (χ3n) is 7.63. The number of benzene rings is 1.